The predicted molar refractivity (Wildman–Crippen MR) is 83.1 cm³/mol. The van der Waals surface area contributed by atoms with Gasteiger partial charge in [0.1, 0.15) is 0 Å². The summed E-state index contributed by atoms with van der Waals surface area (Å²) in [7, 11) is 4.30. The van der Waals surface area contributed by atoms with Gasteiger partial charge in [0.15, 0.2) is 5.13 Å². The molecule has 1 aliphatic heterocycles. The van der Waals surface area contributed by atoms with Crippen LogP contribution in [0.4, 0.5) is 5.13 Å². The van der Waals surface area contributed by atoms with Crippen LogP contribution in [0.2, 0.25) is 0 Å². The molecule has 0 bridgehead atoms. The summed E-state index contributed by atoms with van der Waals surface area (Å²) >= 11 is 1.84. The Morgan fingerprint density at radius 2 is 2.37 bits per heavy atom. The van der Waals surface area contributed by atoms with Crippen molar-refractivity contribution in [1.82, 2.24) is 15.2 Å². The predicted octanol–water partition coefficient (Wildman–Crippen LogP) is 2.34. The van der Waals surface area contributed by atoms with E-state index < -0.39 is 0 Å². The Balaban J connectivity index is 2.04. The van der Waals surface area contributed by atoms with Crippen LogP contribution in [0.3, 0.4) is 0 Å². The minimum Gasteiger partial charge on any atom is -0.344 e. The summed E-state index contributed by atoms with van der Waals surface area (Å²) in [6, 6.07) is 1.04. The Morgan fingerprint density at radius 1 is 1.58 bits per heavy atom. The average molecular weight is 282 g/mol. The second-order valence-corrected chi connectivity index (χ2v) is 6.62. The summed E-state index contributed by atoms with van der Waals surface area (Å²) in [6.07, 6.45) is 4.62. The van der Waals surface area contributed by atoms with Crippen LogP contribution in [0.1, 0.15) is 37.6 Å². The van der Waals surface area contributed by atoms with Crippen molar-refractivity contribution in [2.45, 2.75) is 38.8 Å². The summed E-state index contributed by atoms with van der Waals surface area (Å²) < 4.78 is 0. The van der Waals surface area contributed by atoms with Gasteiger partial charge in [-0.3, -0.25) is 0 Å². The molecule has 2 unspecified atom stereocenters. The van der Waals surface area contributed by atoms with Crippen LogP contribution in [0.25, 0.3) is 0 Å². The van der Waals surface area contributed by atoms with Gasteiger partial charge in [0.05, 0.1) is 0 Å². The van der Waals surface area contributed by atoms with E-state index in [2.05, 4.69) is 48.0 Å². The van der Waals surface area contributed by atoms with E-state index in [0.29, 0.717) is 12.1 Å². The van der Waals surface area contributed by atoms with Crippen LogP contribution >= 0.6 is 11.3 Å². The van der Waals surface area contributed by atoms with Gasteiger partial charge in [-0.05, 0) is 40.4 Å². The molecule has 1 N–H and O–H groups in total. The smallest absolute Gasteiger partial charge is 0.185 e. The largest absolute Gasteiger partial charge is 0.344 e. The van der Waals surface area contributed by atoms with Gasteiger partial charge in [0, 0.05) is 36.2 Å². The van der Waals surface area contributed by atoms with Crippen molar-refractivity contribution in [2.75, 3.05) is 38.6 Å². The highest BCUT2D eigenvalue weighted by Gasteiger charge is 2.27. The van der Waals surface area contributed by atoms with E-state index in [9.17, 15) is 0 Å². The van der Waals surface area contributed by atoms with Crippen molar-refractivity contribution in [3.8, 4) is 0 Å². The monoisotopic (exact) mass is 282 g/mol. The van der Waals surface area contributed by atoms with E-state index in [-0.39, 0.29) is 0 Å². The lowest BCUT2D eigenvalue weighted by Gasteiger charge is -2.26. The number of rotatable bonds is 6. The Morgan fingerprint density at radius 3 is 3.05 bits per heavy atom. The van der Waals surface area contributed by atoms with E-state index in [0.717, 1.165) is 19.6 Å². The molecule has 0 aliphatic carbocycles. The molecular formula is C14H26N4S. The molecule has 5 heteroatoms. The Labute approximate surface area is 120 Å². The van der Waals surface area contributed by atoms with Crippen LogP contribution in [0.15, 0.2) is 6.20 Å². The van der Waals surface area contributed by atoms with Crippen LogP contribution < -0.4 is 10.2 Å². The van der Waals surface area contributed by atoms with Crippen molar-refractivity contribution in [2.24, 2.45) is 0 Å². The maximum atomic E-state index is 4.64. The lowest BCUT2D eigenvalue weighted by molar-refractivity contribution is 0.372. The van der Waals surface area contributed by atoms with Gasteiger partial charge in [-0.1, -0.05) is 6.92 Å². The van der Waals surface area contributed by atoms with Crippen molar-refractivity contribution < 1.29 is 0 Å². The van der Waals surface area contributed by atoms with Gasteiger partial charge < -0.3 is 15.1 Å². The molecule has 0 saturated carbocycles. The lowest BCUT2D eigenvalue weighted by Crippen LogP contribution is -2.37. The van der Waals surface area contributed by atoms with Gasteiger partial charge in [0.2, 0.25) is 0 Å². The number of anilines is 1. The molecule has 2 rings (SSSR count). The first kappa shape index (κ1) is 14.8. The minimum absolute atomic E-state index is 0.408. The standard InChI is InChI=1S/C14H26N4S/c1-5-15-11(2)13-9-16-14(19-13)18-8-6-7-12(18)10-17(3)4/h9,11-12,15H,5-8,10H2,1-4H3. The Hall–Kier alpha value is -0.650. The van der Waals surface area contributed by atoms with Crippen molar-refractivity contribution in [3.63, 3.8) is 0 Å². The molecule has 0 spiro atoms. The Kier molecular flexibility index (Phi) is 5.19. The molecule has 1 aliphatic rings. The molecule has 1 aromatic heterocycles. The highest BCUT2D eigenvalue weighted by molar-refractivity contribution is 7.15. The molecule has 1 fully saturated rings. The van der Waals surface area contributed by atoms with E-state index in [1.54, 1.807) is 0 Å². The van der Waals surface area contributed by atoms with Gasteiger partial charge in [-0.25, -0.2) is 4.98 Å². The Bertz CT molecular complexity index is 391. The summed E-state index contributed by atoms with van der Waals surface area (Å²) in [5, 5.41) is 4.65. The molecular weight excluding hydrogens is 256 g/mol. The zero-order valence-electron chi connectivity index (χ0n) is 12.5. The van der Waals surface area contributed by atoms with E-state index in [4.69, 9.17) is 0 Å². The average Bonchev–Trinajstić information content (AvgIpc) is 2.96. The third-order valence-corrected chi connectivity index (χ3v) is 4.86. The maximum absolute atomic E-state index is 4.64. The second-order valence-electron chi connectivity index (χ2n) is 5.58. The first-order valence-corrected chi connectivity index (χ1v) is 8.04. The van der Waals surface area contributed by atoms with E-state index in [1.165, 1.54) is 22.9 Å². The van der Waals surface area contributed by atoms with E-state index >= 15 is 0 Å². The number of likely N-dealkylation sites (N-methyl/N-ethyl adjacent to an activating group) is 1. The molecule has 108 valence electrons. The summed E-state index contributed by atoms with van der Waals surface area (Å²) in [5.41, 5.74) is 0. The number of aromatic nitrogens is 1. The third-order valence-electron chi connectivity index (χ3n) is 3.65. The van der Waals surface area contributed by atoms with Crippen molar-refractivity contribution >= 4 is 16.5 Å². The van der Waals surface area contributed by atoms with E-state index in [1.807, 2.05) is 17.5 Å². The van der Waals surface area contributed by atoms with Gasteiger partial charge >= 0.3 is 0 Å². The fraction of sp³-hybridized carbons (Fsp3) is 0.786. The van der Waals surface area contributed by atoms with Crippen molar-refractivity contribution in [1.29, 1.82) is 0 Å². The quantitative estimate of drug-likeness (QED) is 0.868. The van der Waals surface area contributed by atoms with Gasteiger partial charge in [-0.2, -0.15) is 0 Å². The third kappa shape index (κ3) is 3.68. The maximum Gasteiger partial charge on any atom is 0.185 e. The minimum atomic E-state index is 0.408. The molecule has 0 radical (unpaired) electrons. The SMILES string of the molecule is CCNC(C)c1cnc(N2CCCC2CN(C)C)s1. The summed E-state index contributed by atoms with van der Waals surface area (Å²) in [5.74, 6) is 0. The highest BCUT2D eigenvalue weighted by Crippen LogP contribution is 2.32. The zero-order chi connectivity index (χ0) is 13.8. The van der Waals surface area contributed by atoms with Crippen molar-refractivity contribution in [3.05, 3.63) is 11.1 Å². The molecule has 0 amide bonds. The first-order chi connectivity index (χ1) is 9.11. The lowest BCUT2D eigenvalue weighted by atomic mass is 10.2. The van der Waals surface area contributed by atoms with Crippen LogP contribution in [0, 0.1) is 0 Å². The summed E-state index contributed by atoms with van der Waals surface area (Å²) in [6.45, 7) is 7.63. The fourth-order valence-electron chi connectivity index (χ4n) is 2.72. The van der Waals surface area contributed by atoms with Gasteiger partial charge in [0.25, 0.3) is 0 Å². The number of nitrogens with one attached hydrogen (secondary N) is 1. The van der Waals surface area contributed by atoms with Crippen LogP contribution in [-0.2, 0) is 0 Å². The number of hydrogen-bond acceptors (Lipinski definition) is 5. The van der Waals surface area contributed by atoms with Gasteiger partial charge in [-0.15, -0.1) is 11.3 Å². The molecule has 2 atom stereocenters. The van der Waals surface area contributed by atoms with Crippen LogP contribution in [0.5, 0.6) is 0 Å². The molecule has 2 heterocycles. The summed E-state index contributed by atoms with van der Waals surface area (Å²) in [4.78, 5) is 10.8. The molecule has 1 saturated heterocycles. The fourth-order valence-corrected chi connectivity index (χ4v) is 3.75. The first-order valence-electron chi connectivity index (χ1n) is 7.22. The normalized spacial score (nSPS) is 21.3. The molecule has 1 aromatic rings. The highest BCUT2D eigenvalue weighted by atomic mass is 32.1. The number of hydrogen-bond donors (Lipinski definition) is 1. The second kappa shape index (κ2) is 6.68. The zero-order valence-corrected chi connectivity index (χ0v) is 13.3. The molecule has 4 nitrogen and oxygen atoms in total. The number of thiazole rings is 1. The van der Waals surface area contributed by atoms with Crippen LogP contribution in [-0.4, -0.2) is 49.7 Å². The molecule has 0 aromatic carbocycles. The topological polar surface area (TPSA) is 31.4 Å². The molecule has 19 heavy (non-hydrogen) atoms. The number of nitrogens with zero attached hydrogens (tertiary/aromatic N) is 3.